The highest BCUT2D eigenvalue weighted by Crippen LogP contribution is 2.44. The van der Waals surface area contributed by atoms with Crippen molar-refractivity contribution in [2.75, 3.05) is 13.6 Å². The van der Waals surface area contributed by atoms with E-state index >= 15 is 0 Å². The normalized spacial score (nSPS) is 50.7. The van der Waals surface area contributed by atoms with Crippen LogP contribution in [0.5, 0.6) is 0 Å². The molecule has 0 radical (unpaired) electrons. The SMILES string of the molecule is CN1C[C@H]2CC[C@]1(C)C2. The van der Waals surface area contributed by atoms with Crippen LogP contribution in [0.1, 0.15) is 26.2 Å². The lowest BCUT2D eigenvalue weighted by Gasteiger charge is -2.32. The van der Waals surface area contributed by atoms with Crippen molar-refractivity contribution in [1.82, 2.24) is 4.90 Å². The predicted octanol–water partition coefficient (Wildman–Crippen LogP) is 1.49. The lowest BCUT2D eigenvalue weighted by molar-refractivity contribution is 0.169. The molecule has 1 heterocycles. The van der Waals surface area contributed by atoms with Gasteiger partial charge in [-0.2, -0.15) is 0 Å². The maximum Gasteiger partial charge on any atom is 0.0181 e. The Hall–Kier alpha value is -0.0400. The first-order chi connectivity index (χ1) is 4.21. The summed E-state index contributed by atoms with van der Waals surface area (Å²) in [4.78, 5) is 2.53. The van der Waals surface area contributed by atoms with E-state index < -0.39 is 0 Å². The summed E-state index contributed by atoms with van der Waals surface area (Å²) in [5, 5.41) is 0. The third kappa shape index (κ3) is 0.644. The lowest BCUT2D eigenvalue weighted by atomic mass is 10.0. The van der Waals surface area contributed by atoms with Crippen molar-refractivity contribution in [3.63, 3.8) is 0 Å². The van der Waals surface area contributed by atoms with E-state index in [2.05, 4.69) is 18.9 Å². The van der Waals surface area contributed by atoms with Gasteiger partial charge in [0.15, 0.2) is 0 Å². The monoisotopic (exact) mass is 125 g/mol. The Morgan fingerprint density at radius 1 is 1.56 bits per heavy atom. The molecular weight excluding hydrogens is 110 g/mol. The summed E-state index contributed by atoms with van der Waals surface area (Å²) >= 11 is 0. The number of likely N-dealkylation sites (tertiary alicyclic amines) is 1. The highest BCUT2D eigenvalue weighted by Gasteiger charge is 2.44. The van der Waals surface area contributed by atoms with Crippen LogP contribution >= 0.6 is 0 Å². The quantitative estimate of drug-likeness (QED) is 0.474. The van der Waals surface area contributed by atoms with Gasteiger partial charge in [-0.1, -0.05) is 0 Å². The van der Waals surface area contributed by atoms with E-state index in [0.717, 1.165) is 5.92 Å². The molecule has 0 aromatic rings. The molecule has 1 aliphatic carbocycles. The molecule has 2 rings (SSSR count). The van der Waals surface area contributed by atoms with Crippen LogP contribution in [-0.4, -0.2) is 24.0 Å². The zero-order chi connectivity index (χ0) is 6.48. The van der Waals surface area contributed by atoms with Crippen molar-refractivity contribution in [2.45, 2.75) is 31.7 Å². The fourth-order valence-electron chi connectivity index (χ4n) is 2.45. The van der Waals surface area contributed by atoms with Gasteiger partial charge in [0.25, 0.3) is 0 Å². The molecule has 1 nitrogen and oxygen atoms in total. The number of fused-ring (bicyclic) bond motifs is 2. The average Bonchev–Trinajstić information content (AvgIpc) is 2.22. The predicted molar refractivity (Wildman–Crippen MR) is 38.4 cm³/mol. The van der Waals surface area contributed by atoms with Crippen LogP contribution in [0, 0.1) is 5.92 Å². The van der Waals surface area contributed by atoms with Crippen molar-refractivity contribution >= 4 is 0 Å². The number of hydrogen-bond donors (Lipinski definition) is 0. The van der Waals surface area contributed by atoms with Gasteiger partial charge in [0.2, 0.25) is 0 Å². The van der Waals surface area contributed by atoms with Crippen molar-refractivity contribution in [3.8, 4) is 0 Å². The van der Waals surface area contributed by atoms with Crippen LogP contribution in [-0.2, 0) is 0 Å². The Labute approximate surface area is 57.0 Å². The van der Waals surface area contributed by atoms with Gasteiger partial charge in [0.1, 0.15) is 0 Å². The largest absolute Gasteiger partial charge is 0.301 e. The minimum Gasteiger partial charge on any atom is -0.301 e. The maximum atomic E-state index is 2.53. The van der Waals surface area contributed by atoms with Gasteiger partial charge in [0.05, 0.1) is 0 Å². The molecule has 0 amide bonds. The van der Waals surface area contributed by atoms with Crippen molar-refractivity contribution in [1.29, 1.82) is 0 Å². The Kier molecular flexibility index (Phi) is 0.963. The van der Waals surface area contributed by atoms with Crippen molar-refractivity contribution in [2.24, 2.45) is 5.92 Å². The fraction of sp³-hybridized carbons (Fsp3) is 1.00. The Balaban J connectivity index is 2.22. The molecule has 1 heteroatoms. The molecule has 0 N–H and O–H groups in total. The first kappa shape index (κ1) is 5.72. The summed E-state index contributed by atoms with van der Waals surface area (Å²) in [5.74, 6) is 1.04. The smallest absolute Gasteiger partial charge is 0.0181 e. The fourth-order valence-corrected chi connectivity index (χ4v) is 2.45. The van der Waals surface area contributed by atoms with E-state index in [-0.39, 0.29) is 0 Å². The molecule has 1 aliphatic heterocycles. The van der Waals surface area contributed by atoms with Crippen LogP contribution in [0.15, 0.2) is 0 Å². The second-order valence-electron chi connectivity index (χ2n) is 3.99. The van der Waals surface area contributed by atoms with Crippen LogP contribution in [0.25, 0.3) is 0 Å². The third-order valence-electron chi connectivity index (χ3n) is 3.27. The average molecular weight is 125 g/mol. The summed E-state index contributed by atoms with van der Waals surface area (Å²) in [6, 6.07) is 0. The second-order valence-corrected chi connectivity index (χ2v) is 3.99. The van der Waals surface area contributed by atoms with Gasteiger partial charge in [-0.05, 0) is 39.2 Å². The first-order valence-electron chi connectivity index (χ1n) is 3.92. The molecule has 0 unspecified atom stereocenters. The molecule has 0 aromatic heterocycles. The minimum absolute atomic E-state index is 0.602. The van der Waals surface area contributed by atoms with Crippen molar-refractivity contribution < 1.29 is 0 Å². The molecule has 52 valence electrons. The molecular formula is C8H15N. The standard InChI is InChI=1S/C8H15N/c1-8-4-3-7(5-8)6-9(8)2/h7H,3-6H2,1-2H3/t7-,8+/m0/s1. The Bertz CT molecular complexity index is 133. The van der Waals surface area contributed by atoms with Crippen molar-refractivity contribution in [3.05, 3.63) is 0 Å². The number of piperidine rings is 1. The zero-order valence-electron chi connectivity index (χ0n) is 6.35. The van der Waals surface area contributed by atoms with Gasteiger partial charge in [0, 0.05) is 12.1 Å². The summed E-state index contributed by atoms with van der Waals surface area (Å²) in [6.45, 7) is 3.76. The number of hydrogen-bond acceptors (Lipinski definition) is 1. The summed E-state index contributed by atoms with van der Waals surface area (Å²) in [7, 11) is 2.26. The molecule has 0 spiro atoms. The van der Waals surface area contributed by atoms with Gasteiger partial charge >= 0.3 is 0 Å². The van der Waals surface area contributed by atoms with Gasteiger partial charge < -0.3 is 4.90 Å². The van der Waals surface area contributed by atoms with E-state index in [4.69, 9.17) is 0 Å². The summed E-state index contributed by atoms with van der Waals surface area (Å²) in [6.07, 6.45) is 4.39. The second kappa shape index (κ2) is 1.51. The maximum absolute atomic E-state index is 2.53. The Morgan fingerprint density at radius 2 is 2.33 bits per heavy atom. The highest BCUT2D eigenvalue weighted by molar-refractivity contribution is 5.00. The van der Waals surface area contributed by atoms with Crippen LogP contribution in [0.2, 0.25) is 0 Å². The summed E-state index contributed by atoms with van der Waals surface area (Å²) < 4.78 is 0. The molecule has 2 bridgehead atoms. The van der Waals surface area contributed by atoms with Gasteiger partial charge in [-0.3, -0.25) is 0 Å². The summed E-state index contributed by atoms with van der Waals surface area (Å²) in [5.41, 5.74) is 0.602. The number of rotatable bonds is 0. The van der Waals surface area contributed by atoms with Crippen LogP contribution < -0.4 is 0 Å². The molecule has 9 heavy (non-hydrogen) atoms. The zero-order valence-corrected chi connectivity index (χ0v) is 6.35. The Morgan fingerprint density at radius 3 is 2.56 bits per heavy atom. The van der Waals surface area contributed by atoms with E-state index in [0.29, 0.717) is 5.54 Å². The third-order valence-corrected chi connectivity index (χ3v) is 3.27. The molecule has 1 saturated carbocycles. The highest BCUT2D eigenvalue weighted by atomic mass is 15.2. The van der Waals surface area contributed by atoms with Gasteiger partial charge in [-0.25, -0.2) is 0 Å². The first-order valence-corrected chi connectivity index (χ1v) is 3.92. The van der Waals surface area contributed by atoms with E-state index in [9.17, 15) is 0 Å². The molecule has 0 aromatic carbocycles. The molecule has 2 aliphatic rings. The van der Waals surface area contributed by atoms with E-state index in [1.807, 2.05) is 0 Å². The minimum atomic E-state index is 0.602. The lowest BCUT2D eigenvalue weighted by Crippen LogP contribution is -2.38. The topological polar surface area (TPSA) is 3.24 Å². The number of nitrogens with zero attached hydrogens (tertiary/aromatic N) is 1. The van der Waals surface area contributed by atoms with E-state index in [1.54, 1.807) is 0 Å². The van der Waals surface area contributed by atoms with Gasteiger partial charge in [-0.15, -0.1) is 0 Å². The molecule has 2 atom stereocenters. The van der Waals surface area contributed by atoms with Crippen LogP contribution in [0.4, 0.5) is 0 Å². The van der Waals surface area contributed by atoms with E-state index in [1.165, 1.54) is 25.8 Å². The van der Waals surface area contributed by atoms with Crippen LogP contribution in [0.3, 0.4) is 0 Å². The molecule has 2 fully saturated rings. The molecule has 1 saturated heterocycles.